The van der Waals surface area contributed by atoms with Crippen LogP contribution >= 0.6 is 11.8 Å². The van der Waals surface area contributed by atoms with Gasteiger partial charge >= 0.3 is 0 Å². The normalized spacial score (nSPS) is 13.6. The summed E-state index contributed by atoms with van der Waals surface area (Å²) in [5.41, 5.74) is 0.820. The summed E-state index contributed by atoms with van der Waals surface area (Å²) in [5.74, 6) is 0.968. The first-order valence-corrected chi connectivity index (χ1v) is 10.1. The minimum absolute atomic E-state index is 0.147. The van der Waals surface area contributed by atoms with Gasteiger partial charge in [-0.1, -0.05) is 23.9 Å². The number of carbonyl (C=O) groups is 2. The summed E-state index contributed by atoms with van der Waals surface area (Å²) in [4.78, 5) is 23.3. The molecule has 0 atom stereocenters. The zero-order valence-electron chi connectivity index (χ0n) is 15.5. The number of nitrogens with zero attached hydrogens (tertiary/aromatic N) is 3. The van der Waals surface area contributed by atoms with E-state index >= 15 is 0 Å². The fourth-order valence-corrected chi connectivity index (χ4v) is 3.76. The topological polar surface area (TPSA) is 76.9 Å². The van der Waals surface area contributed by atoms with E-state index in [4.69, 9.17) is 0 Å². The highest BCUT2D eigenvalue weighted by Gasteiger charge is 2.30. The summed E-state index contributed by atoms with van der Waals surface area (Å²) in [6.45, 7) is 4.59. The van der Waals surface area contributed by atoms with Crippen molar-refractivity contribution in [1.29, 1.82) is 0 Å². The Kier molecular flexibility index (Phi) is 6.26. The molecule has 0 unspecified atom stereocenters. The van der Waals surface area contributed by atoms with Gasteiger partial charge in [0.2, 0.25) is 5.91 Å². The van der Waals surface area contributed by atoms with Crippen LogP contribution in [0.5, 0.6) is 0 Å². The number of carbonyl (C=O) groups excluding carboxylic acids is 2. The van der Waals surface area contributed by atoms with Crippen LogP contribution < -0.4 is 5.32 Å². The Bertz CT molecular complexity index is 848. The van der Waals surface area contributed by atoms with Gasteiger partial charge in [0.15, 0.2) is 10.9 Å². The molecule has 0 radical (unpaired) electrons. The average Bonchev–Trinajstić information content (AvgIpc) is 3.40. The number of Topliss-reactive ketones (excluding diaryl/α,β-unsaturated/α-hetero) is 1. The zero-order valence-corrected chi connectivity index (χ0v) is 16.3. The molecule has 0 aliphatic heterocycles. The summed E-state index contributed by atoms with van der Waals surface area (Å²) in [6, 6.07) is 4.51. The highest BCUT2D eigenvalue weighted by atomic mass is 32.2. The number of aromatic nitrogens is 3. The van der Waals surface area contributed by atoms with Gasteiger partial charge < -0.3 is 9.88 Å². The number of benzene rings is 1. The third-order valence-electron chi connectivity index (χ3n) is 4.48. The lowest BCUT2D eigenvalue weighted by Crippen LogP contribution is -2.22. The van der Waals surface area contributed by atoms with Crippen molar-refractivity contribution in [2.45, 2.75) is 50.7 Å². The van der Waals surface area contributed by atoms with Crippen molar-refractivity contribution in [3.05, 3.63) is 41.0 Å². The van der Waals surface area contributed by atoms with Gasteiger partial charge in [0.1, 0.15) is 11.6 Å². The fourth-order valence-electron chi connectivity index (χ4n) is 2.86. The minimum Gasteiger partial charge on any atom is -0.356 e. The van der Waals surface area contributed by atoms with Gasteiger partial charge in [-0.3, -0.25) is 9.59 Å². The molecule has 0 saturated heterocycles. The second-order valence-electron chi connectivity index (χ2n) is 6.61. The first-order valence-electron chi connectivity index (χ1n) is 9.11. The summed E-state index contributed by atoms with van der Waals surface area (Å²) in [5, 5.41) is 11.8. The largest absolute Gasteiger partial charge is 0.356 e. The zero-order chi connectivity index (χ0) is 19.4. The van der Waals surface area contributed by atoms with Crippen molar-refractivity contribution >= 4 is 23.5 Å². The van der Waals surface area contributed by atoms with E-state index < -0.39 is 5.82 Å². The van der Waals surface area contributed by atoms with Crippen LogP contribution in [0.1, 0.15) is 54.4 Å². The van der Waals surface area contributed by atoms with Crippen LogP contribution in [0.3, 0.4) is 0 Å². The van der Waals surface area contributed by atoms with Crippen LogP contribution in [0.25, 0.3) is 0 Å². The molecule has 1 aliphatic rings. The Morgan fingerprint density at radius 3 is 2.74 bits per heavy atom. The van der Waals surface area contributed by atoms with Crippen LogP contribution in [0.4, 0.5) is 4.39 Å². The van der Waals surface area contributed by atoms with Crippen molar-refractivity contribution in [3.63, 3.8) is 0 Å². The van der Waals surface area contributed by atoms with Gasteiger partial charge in [0, 0.05) is 31.5 Å². The van der Waals surface area contributed by atoms with Crippen LogP contribution in [0.15, 0.2) is 23.4 Å². The maximum Gasteiger partial charge on any atom is 0.216 e. The van der Waals surface area contributed by atoms with Crippen molar-refractivity contribution < 1.29 is 14.0 Å². The molecule has 144 valence electrons. The number of halogens is 1. The predicted molar refractivity (Wildman–Crippen MR) is 102 cm³/mol. The maximum absolute atomic E-state index is 14.2. The van der Waals surface area contributed by atoms with Gasteiger partial charge in [-0.25, -0.2) is 4.39 Å². The molecule has 1 aliphatic carbocycles. The highest BCUT2D eigenvalue weighted by Crippen LogP contribution is 2.40. The lowest BCUT2D eigenvalue weighted by atomic mass is 10.1. The molecular formula is C19H23FN4O2S. The number of rotatable bonds is 9. The first kappa shape index (κ1) is 19.5. The second kappa shape index (κ2) is 8.65. The molecular weight excluding hydrogens is 367 g/mol. The molecule has 2 aromatic rings. The summed E-state index contributed by atoms with van der Waals surface area (Å²) >= 11 is 1.34. The van der Waals surface area contributed by atoms with E-state index in [0.717, 1.165) is 30.4 Å². The minimum atomic E-state index is -0.427. The van der Waals surface area contributed by atoms with Gasteiger partial charge in [-0.2, -0.15) is 0 Å². The van der Waals surface area contributed by atoms with Gasteiger partial charge in [-0.05, 0) is 37.8 Å². The summed E-state index contributed by atoms with van der Waals surface area (Å²) in [7, 11) is 0. The summed E-state index contributed by atoms with van der Waals surface area (Å²) < 4.78 is 16.3. The molecule has 0 spiro atoms. The van der Waals surface area contributed by atoms with Crippen LogP contribution in [-0.4, -0.2) is 38.8 Å². The third kappa shape index (κ3) is 4.94. The van der Waals surface area contributed by atoms with E-state index in [0.29, 0.717) is 30.0 Å². The highest BCUT2D eigenvalue weighted by molar-refractivity contribution is 7.99. The summed E-state index contributed by atoms with van der Waals surface area (Å²) in [6.07, 6.45) is 2.68. The van der Waals surface area contributed by atoms with E-state index in [1.54, 1.807) is 12.1 Å². The Morgan fingerprint density at radius 2 is 2.11 bits per heavy atom. The molecule has 1 amide bonds. The van der Waals surface area contributed by atoms with E-state index in [1.807, 2.05) is 6.92 Å². The molecule has 1 N–H and O–H groups in total. The number of nitrogens with one attached hydrogen (secondary N) is 1. The molecule has 1 aromatic carbocycles. The van der Waals surface area contributed by atoms with Crippen molar-refractivity contribution in [1.82, 2.24) is 20.1 Å². The Morgan fingerprint density at radius 1 is 1.33 bits per heavy atom. The molecule has 27 heavy (non-hydrogen) atoms. The number of amides is 1. The van der Waals surface area contributed by atoms with Crippen LogP contribution in [0.2, 0.25) is 0 Å². The molecule has 1 aromatic heterocycles. The van der Waals surface area contributed by atoms with E-state index in [2.05, 4.69) is 20.1 Å². The van der Waals surface area contributed by atoms with Crippen LogP contribution in [-0.2, 0) is 17.8 Å². The third-order valence-corrected chi connectivity index (χ3v) is 5.45. The molecule has 1 heterocycles. The quantitative estimate of drug-likeness (QED) is 0.526. The number of ketones is 1. The molecule has 8 heteroatoms. The number of hydrogen-bond acceptors (Lipinski definition) is 5. The molecule has 0 bridgehead atoms. The lowest BCUT2D eigenvalue weighted by Gasteiger charge is -2.08. The van der Waals surface area contributed by atoms with Gasteiger partial charge in [0.05, 0.1) is 5.75 Å². The number of thioether (sulfide) groups is 1. The van der Waals surface area contributed by atoms with E-state index in [9.17, 15) is 14.0 Å². The SMILES string of the molecule is CCn1c(SCC(=O)c2ccc(CCNC(C)=O)c(F)c2)nnc1C1CC1. The van der Waals surface area contributed by atoms with Gasteiger partial charge in [-0.15, -0.1) is 10.2 Å². The van der Waals surface area contributed by atoms with E-state index in [-0.39, 0.29) is 17.4 Å². The Balaban J connectivity index is 1.59. The standard InChI is InChI=1S/C19H23FN4O2S/c1-3-24-18(14-5-6-14)22-23-19(24)27-11-17(26)15-7-4-13(16(20)10-15)8-9-21-12(2)25/h4,7,10,14H,3,5-6,8-9,11H2,1-2H3,(H,21,25). The van der Waals surface area contributed by atoms with Gasteiger partial charge in [0.25, 0.3) is 0 Å². The fraction of sp³-hybridized carbons (Fsp3) is 0.474. The first-order chi connectivity index (χ1) is 13.0. The maximum atomic E-state index is 14.2. The molecule has 1 fully saturated rings. The molecule has 1 saturated carbocycles. The Hall–Kier alpha value is -2.22. The van der Waals surface area contributed by atoms with Crippen molar-refractivity contribution in [3.8, 4) is 0 Å². The number of hydrogen-bond donors (Lipinski definition) is 1. The van der Waals surface area contributed by atoms with E-state index in [1.165, 1.54) is 24.8 Å². The lowest BCUT2D eigenvalue weighted by molar-refractivity contribution is -0.118. The van der Waals surface area contributed by atoms with Crippen LogP contribution in [0, 0.1) is 5.82 Å². The second-order valence-corrected chi connectivity index (χ2v) is 7.55. The average molecular weight is 390 g/mol. The molecule has 6 nitrogen and oxygen atoms in total. The van der Waals surface area contributed by atoms with Crippen molar-refractivity contribution in [2.24, 2.45) is 0 Å². The smallest absolute Gasteiger partial charge is 0.216 e. The monoisotopic (exact) mass is 390 g/mol. The molecule has 3 rings (SSSR count). The predicted octanol–water partition coefficient (Wildman–Crippen LogP) is 2.97. The van der Waals surface area contributed by atoms with Crippen molar-refractivity contribution in [2.75, 3.05) is 12.3 Å². The Labute approximate surface area is 161 Å².